The maximum Gasteiger partial charge on any atom is 0.279 e. The van der Waals surface area contributed by atoms with Crippen LogP contribution in [0.5, 0.6) is 0 Å². The van der Waals surface area contributed by atoms with Crippen LogP contribution in [0.4, 0.5) is 11.6 Å². The Bertz CT molecular complexity index is 1420. The Morgan fingerprint density at radius 3 is 2.34 bits per heavy atom. The molecule has 0 saturated carbocycles. The minimum Gasteiger partial charge on any atom is -0.382 e. The van der Waals surface area contributed by atoms with Gasteiger partial charge in [-0.15, -0.1) is 0 Å². The van der Waals surface area contributed by atoms with Gasteiger partial charge < -0.3 is 11.1 Å². The first-order valence-electron chi connectivity index (χ1n) is 9.99. The fourth-order valence-corrected chi connectivity index (χ4v) is 3.45. The largest absolute Gasteiger partial charge is 0.382 e. The van der Waals surface area contributed by atoms with Crippen LogP contribution in [0.25, 0.3) is 33.4 Å². The van der Waals surface area contributed by atoms with E-state index in [9.17, 15) is 4.79 Å². The lowest BCUT2D eigenvalue weighted by Crippen LogP contribution is -2.18. The van der Waals surface area contributed by atoms with Crippen molar-refractivity contribution in [1.82, 2.24) is 19.9 Å². The summed E-state index contributed by atoms with van der Waals surface area (Å²) in [5, 5.41) is 3.68. The smallest absolute Gasteiger partial charge is 0.279 e. The molecule has 3 heterocycles. The van der Waals surface area contributed by atoms with Gasteiger partial charge in [0.1, 0.15) is 5.82 Å². The first-order chi connectivity index (χ1) is 15.7. The number of aromatic nitrogens is 4. The van der Waals surface area contributed by atoms with E-state index in [1.54, 1.807) is 30.6 Å². The van der Waals surface area contributed by atoms with Crippen molar-refractivity contribution in [3.05, 3.63) is 97.0 Å². The lowest BCUT2D eigenvalue weighted by atomic mass is 10.0. The molecule has 2 aromatic carbocycles. The minimum atomic E-state index is -0.475. The molecular formula is C25H18N6O. The summed E-state index contributed by atoms with van der Waals surface area (Å²) < 4.78 is 0. The van der Waals surface area contributed by atoms with E-state index in [2.05, 4.69) is 25.3 Å². The van der Waals surface area contributed by atoms with E-state index in [0.717, 1.165) is 22.0 Å². The van der Waals surface area contributed by atoms with Gasteiger partial charge in [-0.05, 0) is 30.3 Å². The number of carbonyl (C=O) groups is 1. The maximum atomic E-state index is 12.9. The van der Waals surface area contributed by atoms with Gasteiger partial charge in [-0.2, -0.15) is 0 Å². The molecule has 0 aliphatic rings. The molecule has 5 rings (SSSR count). The normalized spacial score (nSPS) is 10.8. The molecule has 1 amide bonds. The number of benzene rings is 2. The molecule has 5 aromatic rings. The van der Waals surface area contributed by atoms with Crippen molar-refractivity contribution < 1.29 is 4.79 Å². The lowest BCUT2D eigenvalue weighted by Gasteiger charge is -2.13. The molecule has 32 heavy (non-hydrogen) atoms. The summed E-state index contributed by atoms with van der Waals surface area (Å²) in [6.07, 6.45) is 3.35. The van der Waals surface area contributed by atoms with E-state index in [1.807, 2.05) is 60.7 Å². The number of pyridine rings is 2. The average molecular weight is 418 g/mol. The van der Waals surface area contributed by atoms with E-state index < -0.39 is 5.91 Å². The van der Waals surface area contributed by atoms with E-state index in [0.29, 0.717) is 17.2 Å². The quantitative estimate of drug-likeness (QED) is 0.442. The number of hydrogen-bond acceptors (Lipinski definition) is 6. The summed E-state index contributed by atoms with van der Waals surface area (Å²) in [7, 11) is 0. The Kier molecular flexibility index (Phi) is 4.97. The third kappa shape index (κ3) is 3.75. The van der Waals surface area contributed by atoms with Gasteiger partial charge in [0.2, 0.25) is 0 Å². The summed E-state index contributed by atoms with van der Waals surface area (Å²) in [5.41, 5.74) is 9.91. The average Bonchev–Trinajstić information content (AvgIpc) is 2.84. The second-order valence-electron chi connectivity index (χ2n) is 7.10. The molecule has 0 aliphatic carbocycles. The third-order valence-corrected chi connectivity index (χ3v) is 4.97. The van der Waals surface area contributed by atoms with Crippen molar-refractivity contribution in [2.75, 3.05) is 11.1 Å². The minimum absolute atomic E-state index is 0.0385. The zero-order chi connectivity index (χ0) is 21.9. The highest BCUT2D eigenvalue weighted by Crippen LogP contribution is 2.32. The number of nitrogens with two attached hydrogens (primary N) is 1. The fraction of sp³-hybridized carbons (Fsp3) is 0. The monoisotopic (exact) mass is 418 g/mol. The zero-order valence-corrected chi connectivity index (χ0v) is 16.9. The van der Waals surface area contributed by atoms with E-state index in [-0.39, 0.29) is 11.5 Å². The van der Waals surface area contributed by atoms with Gasteiger partial charge in [0.15, 0.2) is 11.5 Å². The molecule has 0 unspecified atom stereocenters. The molecule has 154 valence electrons. The Labute approximate surface area is 184 Å². The Morgan fingerprint density at radius 2 is 1.53 bits per heavy atom. The van der Waals surface area contributed by atoms with E-state index >= 15 is 0 Å². The van der Waals surface area contributed by atoms with Crippen LogP contribution in [0.1, 0.15) is 10.5 Å². The summed E-state index contributed by atoms with van der Waals surface area (Å²) in [5.74, 6) is -0.0235. The number of amides is 1. The van der Waals surface area contributed by atoms with Crippen LogP contribution < -0.4 is 11.1 Å². The van der Waals surface area contributed by atoms with Crippen LogP contribution in [-0.4, -0.2) is 25.8 Å². The lowest BCUT2D eigenvalue weighted by molar-refractivity contribution is 0.102. The molecule has 0 saturated heterocycles. The summed E-state index contributed by atoms with van der Waals surface area (Å²) in [4.78, 5) is 30.7. The Morgan fingerprint density at radius 1 is 0.750 bits per heavy atom. The van der Waals surface area contributed by atoms with Gasteiger partial charge in [0, 0.05) is 28.9 Å². The highest BCUT2D eigenvalue weighted by molar-refractivity contribution is 6.06. The maximum absolute atomic E-state index is 12.9. The van der Waals surface area contributed by atoms with E-state index in [4.69, 9.17) is 5.73 Å². The van der Waals surface area contributed by atoms with Crippen molar-refractivity contribution in [3.8, 4) is 22.5 Å². The van der Waals surface area contributed by atoms with Crippen LogP contribution in [-0.2, 0) is 0 Å². The predicted molar refractivity (Wildman–Crippen MR) is 125 cm³/mol. The predicted octanol–water partition coefficient (Wildman–Crippen LogP) is 4.59. The van der Waals surface area contributed by atoms with Crippen molar-refractivity contribution in [2.45, 2.75) is 0 Å². The van der Waals surface area contributed by atoms with Crippen molar-refractivity contribution in [3.63, 3.8) is 0 Å². The molecule has 3 aromatic heterocycles. The number of carbonyl (C=O) groups excluding carboxylic acids is 1. The third-order valence-electron chi connectivity index (χ3n) is 4.97. The van der Waals surface area contributed by atoms with Gasteiger partial charge >= 0.3 is 0 Å². The van der Waals surface area contributed by atoms with Crippen LogP contribution in [0.2, 0.25) is 0 Å². The van der Waals surface area contributed by atoms with Crippen LogP contribution in [0, 0.1) is 0 Å². The topological polar surface area (TPSA) is 107 Å². The van der Waals surface area contributed by atoms with Crippen LogP contribution in [0.15, 0.2) is 91.3 Å². The van der Waals surface area contributed by atoms with Gasteiger partial charge in [-0.1, -0.05) is 48.5 Å². The molecule has 0 fully saturated rings. The Balaban J connectivity index is 1.66. The molecule has 3 N–H and O–H groups in total. The molecule has 7 heteroatoms. The number of fused-ring (bicyclic) bond motifs is 1. The van der Waals surface area contributed by atoms with E-state index in [1.165, 1.54) is 0 Å². The highest BCUT2D eigenvalue weighted by atomic mass is 16.2. The SMILES string of the molecule is Nc1nc(-c2ccccc2)c(-c2ccc3ncccc3c2)nc1C(=O)Nc1ccccn1. The Hall–Kier alpha value is -4.65. The number of hydrogen-bond donors (Lipinski definition) is 2. The second-order valence-corrected chi connectivity index (χ2v) is 7.10. The standard InChI is InChI=1S/C25H18N6O/c26-24-23(25(32)29-20-10-4-5-13-28-20)30-22(21(31-24)16-7-2-1-3-8-16)18-11-12-19-17(15-18)9-6-14-27-19/h1-15H,(H2,26,31)(H,28,29,32). The number of nitrogens with zero attached hydrogens (tertiary/aromatic N) is 4. The first-order valence-corrected chi connectivity index (χ1v) is 9.99. The second kappa shape index (κ2) is 8.23. The molecule has 0 atom stereocenters. The van der Waals surface area contributed by atoms with Gasteiger partial charge in [0.05, 0.1) is 16.9 Å². The number of rotatable bonds is 4. The molecule has 0 radical (unpaired) electrons. The number of nitrogen functional groups attached to an aromatic ring is 1. The van der Waals surface area contributed by atoms with Crippen molar-refractivity contribution in [2.24, 2.45) is 0 Å². The molecule has 0 spiro atoms. The molecule has 0 bridgehead atoms. The fourth-order valence-electron chi connectivity index (χ4n) is 3.45. The van der Waals surface area contributed by atoms with Gasteiger partial charge in [-0.3, -0.25) is 9.78 Å². The highest BCUT2D eigenvalue weighted by Gasteiger charge is 2.20. The molecular weight excluding hydrogens is 400 g/mol. The first kappa shape index (κ1) is 19.3. The van der Waals surface area contributed by atoms with Crippen LogP contribution in [0.3, 0.4) is 0 Å². The molecule has 0 aliphatic heterocycles. The zero-order valence-electron chi connectivity index (χ0n) is 16.9. The summed E-state index contributed by atoms with van der Waals surface area (Å²) in [6, 6.07) is 24.6. The van der Waals surface area contributed by atoms with Crippen molar-refractivity contribution >= 4 is 28.4 Å². The summed E-state index contributed by atoms with van der Waals surface area (Å²) >= 11 is 0. The van der Waals surface area contributed by atoms with Crippen LogP contribution >= 0.6 is 0 Å². The summed E-state index contributed by atoms with van der Waals surface area (Å²) in [6.45, 7) is 0. The van der Waals surface area contributed by atoms with Gasteiger partial charge in [0.25, 0.3) is 5.91 Å². The van der Waals surface area contributed by atoms with Gasteiger partial charge in [-0.25, -0.2) is 15.0 Å². The number of anilines is 2. The number of nitrogens with one attached hydrogen (secondary N) is 1. The molecule has 7 nitrogen and oxygen atoms in total. The van der Waals surface area contributed by atoms with Crippen molar-refractivity contribution in [1.29, 1.82) is 0 Å².